The number of nitrogen functional groups attached to an aromatic ring is 1. The highest BCUT2D eigenvalue weighted by Gasteiger charge is 2.36. The summed E-state index contributed by atoms with van der Waals surface area (Å²) in [5.41, 5.74) is 38.5. The molecule has 1 atom stereocenters. The van der Waals surface area contributed by atoms with Crippen LogP contribution in [0.25, 0.3) is 0 Å². The van der Waals surface area contributed by atoms with Crippen LogP contribution in [0, 0.1) is 5.41 Å². The molecule has 2 aromatic rings. The number of benzene rings is 2. The minimum atomic E-state index is -0.464. The number of carbonyl (C=O) groups excluding carboxylic acids is 1. The van der Waals surface area contributed by atoms with Gasteiger partial charge in [-0.1, -0.05) is 47.6 Å². The van der Waals surface area contributed by atoms with Crippen LogP contribution >= 0.6 is 0 Å². The fourth-order valence-corrected chi connectivity index (χ4v) is 6.50. The Balaban J connectivity index is 1.97. The zero-order valence-electron chi connectivity index (χ0n) is 33.7. The molecule has 13 heteroatoms. The number of ether oxygens (including phenoxy) is 3. The molecule has 3 rings (SSSR count). The van der Waals surface area contributed by atoms with Crippen LogP contribution in [0.4, 0.5) is 11.4 Å². The van der Waals surface area contributed by atoms with Crippen LogP contribution in [-0.4, -0.2) is 57.6 Å². The summed E-state index contributed by atoms with van der Waals surface area (Å²) in [5, 5.41) is 6.81. The van der Waals surface area contributed by atoms with Crippen molar-refractivity contribution in [2.24, 2.45) is 34.2 Å². The van der Waals surface area contributed by atoms with E-state index in [0.717, 1.165) is 55.3 Å². The first-order valence-electron chi connectivity index (χ1n) is 19.3. The third-order valence-electron chi connectivity index (χ3n) is 9.77. The molecule has 1 amide bonds. The minimum absolute atomic E-state index is 0.0278. The lowest BCUT2D eigenvalue weighted by Crippen LogP contribution is -2.53. The monoisotopic (exact) mass is 752 g/mol. The van der Waals surface area contributed by atoms with Crippen molar-refractivity contribution >= 4 is 17.3 Å². The molecule has 302 valence electrons. The van der Waals surface area contributed by atoms with Gasteiger partial charge >= 0.3 is 0 Å². The number of anilines is 2. The van der Waals surface area contributed by atoms with E-state index in [2.05, 4.69) is 69.8 Å². The fraction of sp³-hybridized carbons (Fsp3) is 0.585. The number of rotatable bonds is 22. The number of nitrogens with one attached hydrogen (secondary N) is 3. The van der Waals surface area contributed by atoms with E-state index in [1.807, 2.05) is 12.1 Å². The number of hydrazine groups is 1. The summed E-state index contributed by atoms with van der Waals surface area (Å²) >= 11 is 0. The summed E-state index contributed by atoms with van der Waals surface area (Å²) in [5.74, 6) is 6.61. The topological polar surface area (TPSA) is 237 Å². The number of nitrogens with two attached hydrogens (primary N) is 6. The Morgan fingerprint density at radius 2 is 1.50 bits per heavy atom. The Bertz CT molecular complexity index is 1580. The zero-order chi connectivity index (χ0) is 39.9. The lowest BCUT2D eigenvalue weighted by molar-refractivity contribution is 0.0781. The molecule has 0 aromatic heterocycles. The maximum Gasteiger partial charge on any atom is 0.259 e. The quantitative estimate of drug-likeness (QED) is 0.0267. The molecule has 0 spiro atoms. The number of unbranched alkanes of at least 4 members (excludes halogenated alkanes) is 2. The number of hydrogen-bond donors (Lipinski definition) is 9. The van der Waals surface area contributed by atoms with Crippen molar-refractivity contribution in [2.45, 2.75) is 104 Å². The molecule has 1 aliphatic carbocycles. The van der Waals surface area contributed by atoms with E-state index in [-0.39, 0.29) is 49.8 Å². The van der Waals surface area contributed by atoms with Crippen LogP contribution in [-0.2, 0) is 23.2 Å². The van der Waals surface area contributed by atoms with Crippen molar-refractivity contribution in [1.29, 1.82) is 0 Å². The van der Waals surface area contributed by atoms with Crippen LogP contribution in [0.3, 0.4) is 0 Å². The molecular weight excluding hydrogens is 683 g/mol. The van der Waals surface area contributed by atoms with Crippen LogP contribution < -0.4 is 60.0 Å². The second kappa shape index (κ2) is 20.8. The van der Waals surface area contributed by atoms with Gasteiger partial charge in [0.05, 0.1) is 24.4 Å². The predicted octanol–water partition coefficient (Wildman–Crippen LogP) is 4.43. The van der Waals surface area contributed by atoms with Crippen molar-refractivity contribution in [2.75, 3.05) is 57.2 Å². The van der Waals surface area contributed by atoms with E-state index in [4.69, 9.17) is 48.7 Å². The zero-order valence-corrected chi connectivity index (χ0v) is 33.7. The Kier molecular flexibility index (Phi) is 17.3. The molecule has 0 fully saturated rings. The molecule has 13 nitrogen and oxygen atoms in total. The molecule has 2 aromatic carbocycles. The summed E-state index contributed by atoms with van der Waals surface area (Å²) in [6.07, 6.45) is 10.1. The normalized spacial score (nSPS) is 16.1. The summed E-state index contributed by atoms with van der Waals surface area (Å²) in [4.78, 5) is 14.3. The Morgan fingerprint density at radius 3 is 2.11 bits per heavy atom. The largest absolute Gasteiger partial charge is 0.492 e. The average molecular weight is 752 g/mol. The van der Waals surface area contributed by atoms with Gasteiger partial charge in [-0.3, -0.25) is 16.0 Å². The number of hydrogen-bond acceptors (Lipinski definition) is 12. The van der Waals surface area contributed by atoms with Gasteiger partial charge in [0.25, 0.3) is 5.91 Å². The van der Waals surface area contributed by atoms with Crippen molar-refractivity contribution in [1.82, 2.24) is 10.7 Å². The summed E-state index contributed by atoms with van der Waals surface area (Å²) < 4.78 is 18.4. The van der Waals surface area contributed by atoms with Crippen molar-refractivity contribution < 1.29 is 19.0 Å². The molecule has 1 aliphatic rings. The second-order valence-corrected chi connectivity index (χ2v) is 16.1. The first-order valence-corrected chi connectivity index (χ1v) is 19.3. The van der Waals surface area contributed by atoms with Gasteiger partial charge in [0.1, 0.15) is 24.7 Å². The standard InChI is InChI=1S/C41H69N9O4/c1-39(2,3)29-12-14-41(13-8-10-16-43,37(24-29)50-47)48-27-52-26-28-21-32(36(54-20-18-45)25-35(28)53-19-17-44)38(51)49-34-23-30(40(4,5)6)22-33(46)31(34)11-7-9-15-42/h12,21-25,48,50H,7-11,13-20,26-27,42-47H2,1-6H3,(H,49,51). The summed E-state index contributed by atoms with van der Waals surface area (Å²) in [6, 6.07) is 7.46. The third-order valence-corrected chi connectivity index (χ3v) is 9.77. The minimum Gasteiger partial charge on any atom is -0.492 e. The SMILES string of the molecule is CC(C)(C)C1=CCC(CCCCN)(NCOCc2cc(C(=O)Nc3cc(C(C)(C)C)cc(N)c3CCCCN)c(OCCN)cc2OCCN)C(NN)=C1. The number of carbonyl (C=O) groups is 1. The molecule has 0 saturated heterocycles. The lowest BCUT2D eigenvalue weighted by atomic mass is 9.75. The number of allylic oxidation sites excluding steroid dienone is 2. The van der Waals surface area contributed by atoms with Gasteiger partial charge < -0.3 is 53.6 Å². The molecule has 0 heterocycles. The Hall–Kier alpha value is -3.69. The summed E-state index contributed by atoms with van der Waals surface area (Å²) in [6.45, 7) is 15.5. The van der Waals surface area contributed by atoms with E-state index >= 15 is 0 Å². The highest BCUT2D eigenvalue weighted by atomic mass is 16.5. The molecule has 0 radical (unpaired) electrons. The maximum atomic E-state index is 14.3. The highest BCUT2D eigenvalue weighted by Crippen LogP contribution is 2.38. The third kappa shape index (κ3) is 12.4. The van der Waals surface area contributed by atoms with E-state index in [0.29, 0.717) is 60.1 Å². The molecule has 15 N–H and O–H groups in total. The summed E-state index contributed by atoms with van der Waals surface area (Å²) in [7, 11) is 0. The van der Waals surface area contributed by atoms with Gasteiger partial charge in [-0.2, -0.15) is 0 Å². The maximum absolute atomic E-state index is 14.3. The average Bonchev–Trinajstić information content (AvgIpc) is 3.12. The lowest BCUT2D eigenvalue weighted by Gasteiger charge is -2.40. The predicted molar refractivity (Wildman–Crippen MR) is 221 cm³/mol. The second-order valence-electron chi connectivity index (χ2n) is 16.1. The molecule has 0 aliphatic heterocycles. The van der Waals surface area contributed by atoms with Gasteiger partial charge in [-0.05, 0) is 110 Å². The van der Waals surface area contributed by atoms with Gasteiger partial charge in [0.2, 0.25) is 0 Å². The fourth-order valence-electron chi connectivity index (χ4n) is 6.50. The first-order chi connectivity index (χ1) is 25.6. The molecular formula is C41H69N9O4. The molecule has 54 heavy (non-hydrogen) atoms. The van der Waals surface area contributed by atoms with Crippen molar-refractivity contribution in [3.8, 4) is 11.5 Å². The molecule has 0 saturated carbocycles. The van der Waals surface area contributed by atoms with Crippen LogP contribution in [0.15, 0.2) is 47.7 Å². The van der Waals surface area contributed by atoms with Gasteiger partial charge in [0, 0.05) is 41.8 Å². The number of amides is 1. The smallest absolute Gasteiger partial charge is 0.259 e. The van der Waals surface area contributed by atoms with E-state index in [9.17, 15) is 4.79 Å². The van der Waals surface area contributed by atoms with E-state index in [1.165, 1.54) is 5.57 Å². The van der Waals surface area contributed by atoms with Crippen molar-refractivity contribution in [3.63, 3.8) is 0 Å². The van der Waals surface area contributed by atoms with E-state index in [1.54, 1.807) is 12.1 Å². The van der Waals surface area contributed by atoms with Crippen molar-refractivity contribution in [3.05, 3.63) is 69.9 Å². The van der Waals surface area contributed by atoms with Gasteiger partial charge in [-0.15, -0.1) is 0 Å². The van der Waals surface area contributed by atoms with E-state index < -0.39 is 5.54 Å². The Labute approximate surface area is 323 Å². The van der Waals surface area contributed by atoms with Crippen LogP contribution in [0.2, 0.25) is 0 Å². The first kappa shape index (κ1) is 44.7. The Morgan fingerprint density at radius 1 is 0.833 bits per heavy atom. The molecule has 1 unspecified atom stereocenters. The van der Waals surface area contributed by atoms with Crippen LogP contribution in [0.1, 0.15) is 107 Å². The van der Waals surface area contributed by atoms with Gasteiger partial charge in [0.15, 0.2) is 0 Å². The molecule has 0 bridgehead atoms. The highest BCUT2D eigenvalue weighted by molar-refractivity contribution is 6.07. The van der Waals surface area contributed by atoms with Gasteiger partial charge in [-0.25, -0.2) is 0 Å². The van der Waals surface area contributed by atoms with Crippen LogP contribution in [0.5, 0.6) is 11.5 Å².